The van der Waals surface area contributed by atoms with Crippen molar-refractivity contribution in [2.45, 2.75) is 13.1 Å². The monoisotopic (exact) mass is 265 g/mol. The minimum Gasteiger partial charge on any atom is -0.427 e. The van der Waals surface area contributed by atoms with Crippen molar-refractivity contribution < 1.29 is 22.7 Å². The van der Waals surface area contributed by atoms with E-state index in [2.05, 4.69) is 4.99 Å². The lowest BCUT2D eigenvalue weighted by atomic mass is 10.3. The van der Waals surface area contributed by atoms with Gasteiger partial charge in [-0.25, -0.2) is 4.99 Å². The molecule has 0 atom stereocenters. The van der Waals surface area contributed by atoms with Crippen LogP contribution in [0.5, 0.6) is 5.75 Å². The van der Waals surface area contributed by atoms with Crippen LogP contribution in [0.3, 0.4) is 0 Å². The first kappa shape index (κ1) is 13.5. The molecule has 0 aliphatic carbocycles. The molecule has 0 amide bonds. The van der Waals surface area contributed by atoms with Gasteiger partial charge in [-0.05, 0) is 24.3 Å². The predicted octanol–water partition coefficient (Wildman–Crippen LogP) is 3.44. The molecule has 0 bridgehead atoms. The van der Waals surface area contributed by atoms with E-state index >= 15 is 0 Å². The molecule has 0 spiro atoms. The molecule has 92 valence electrons. The van der Waals surface area contributed by atoms with Gasteiger partial charge in [-0.2, -0.15) is 13.2 Å². The van der Waals surface area contributed by atoms with Gasteiger partial charge in [-0.15, -0.1) is 0 Å². The fraction of sp³-hybridized carbons (Fsp3) is 0.200. The minimum absolute atomic E-state index is 0.0169. The summed E-state index contributed by atoms with van der Waals surface area (Å²) in [6, 6.07) is 5.15. The molecule has 0 saturated carbocycles. The normalized spacial score (nSPS) is 12.4. The average Bonchev–Trinajstić information content (AvgIpc) is 2.18. The molecule has 7 heteroatoms. The minimum atomic E-state index is -4.67. The van der Waals surface area contributed by atoms with Crippen LogP contribution in [-0.2, 0) is 4.79 Å². The maximum atomic E-state index is 12.1. The number of benzene rings is 1. The third-order valence-corrected chi connectivity index (χ3v) is 1.86. The van der Waals surface area contributed by atoms with Crippen LogP contribution < -0.4 is 4.74 Å². The van der Waals surface area contributed by atoms with Crippen molar-refractivity contribution in [3.8, 4) is 5.75 Å². The maximum absolute atomic E-state index is 12.1. The third-order valence-electron chi connectivity index (χ3n) is 1.56. The Hall–Kier alpha value is -1.56. The van der Waals surface area contributed by atoms with Crippen LogP contribution in [0, 0.1) is 0 Å². The van der Waals surface area contributed by atoms with Crippen molar-refractivity contribution in [1.29, 1.82) is 0 Å². The number of nitrogens with zero attached hydrogens (tertiary/aromatic N) is 1. The van der Waals surface area contributed by atoms with Crippen LogP contribution >= 0.6 is 11.6 Å². The fourth-order valence-electron chi connectivity index (χ4n) is 0.931. The Morgan fingerprint density at radius 2 is 1.82 bits per heavy atom. The Labute approximate surface area is 99.9 Å². The Morgan fingerprint density at radius 3 is 2.24 bits per heavy atom. The van der Waals surface area contributed by atoms with E-state index in [1.165, 1.54) is 31.2 Å². The zero-order chi connectivity index (χ0) is 13.1. The van der Waals surface area contributed by atoms with Crippen molar-refractivity contribution in [2.24, 2.45) is 4.99 Å². The summed E-state index contributed by atoms with van der Waals surface area (Å²) in [5.74, 6) is -0.297. The van der Waals surface area contributed by atoms with Crippen molar-refractivity contribution in [3.63, 3.8) is 0 Å². The quantitative estimate of drug-likeness (QED) is 0.467. The Bertz CT molecular complexity index is 440. The van der Waals surface area contributed by atoms with Crippen LogP contribution in [0.15, 0.2) is 29.3 Å². The molecule has 0 saturated heterocycles. The Balaban J connectivity index is 2.85. The summed E-state index contributed by atoms with van der Waals surface area (Å²) in [6.07, 6.45) is -4.67. The molecule has 0 unspecified atom stereocenters. The first-order valence-corrected chi connectivity index (χ1v) is 4.76. The molecule has 0 radical (unpaired) electrons. The molecule has 1 rings (SSSR count). The molecule has 3 nitrogen and oxygen atoms in total. The highest BCUT2D eigenvalue weighted by molar-refractivity contribution is 6.67. The Kier molecular flexibility index (Phi) is 4.11. The molecular weight excluding hydrogens is 259 g/mol. The van der Waals surface area contributed by atoms with Crippen LogP contribution in [-0.4, -0.2) is 17.3 Å². The summed E-state index contributed by atoms with van der Waals surface area (Å²) in [5, 5.41) is -1.46. The number of esters is 1. The van der Waals surface area contributed by atoms with Gasteiger partial charge in [-0.1, -0.05) is 11.6 Å². The summed E-state index contributed by atoms with van der Waals surface area (Å²) in [4.78, 5) is 13.8. The molecule has 1 aromatic carbocycles. The number of rotatable bonds is 2. The fourth-order valence-corrected chi connectivity index (χ4v) is 1.03. The van der Waals surface area contributed by atoms with Crippen molar-refractivity contribution in [3.05, 3.63) is 24.3 Å². The zero-order valence-corrected chi connectivity index (χ0v) is 9.34. The van der Waals surface area contributed by atoms with Gasteiger partial charge in [0.1, 0.15) is 5.75 Å². The van der Waals surface area contributed by atoms with Gasteiger partial charge >= 0.3 is 12.1 Å². The number of alkyl halides is 3. The summed E-state index contributed by atoms with van der Waals surface area (Å²) < 4.78 is 40.9. The van der Waals surface area contributed by atoms with E-state index in [1.54, 1.807) is 0 Å². The summed E-state index contributed by atoms with van der Waals surface area (Å²) >= 11 is 4.96. The summed E-state index contributed by atoms with van der Waals surface area (Å²) in [5.41, 5.74) is 0.0169. The number of hydrogen-bond donors (Lipinski definition) is 0. The maximum Gasteiger partial charge on any atom is 0.444 e. The second-order valence-electron chi connectivity index (χ2n) is 2.99. The van der Waals surface area contributed by atoms with Crippen molar-refractivity contribution in [1.82, 2.24) is 0 Å². The lowest BCUT2D eigenvalue weighted by molar-refractivity contribution is -0.131. The van der Waals surface area contributed by atoms with Crippen molar-refractivity contribution in [2.75, 3.05) is 0 Å². The molecule has 0 N–H and O–H groups in total. The second kappa shape index (κ2) is 5.18. The smallest absolute Gasteiger partial charge is 0.427 e. The molecule has 0 aliphatic heterocycles. The van der Waals surface area contributed by atoms with Crippen LogP contribution in [0.1, 0.15) is 6.92 Å². The van der Waals surface area contributed by atoms with E-state index in [0.717, 1.165) is 0 Å². The highest BCUT2D eigenvalue weighted by Crippen LogP contribution is 2.25. The summed E-state index contributed by atoms with van der Waals surface area (Å²) in [6.45, 7) is 1.21. The standard InChI is InChI=1S/C10H7ClF3NO2/c1-6(16)17-8-4-2-7(3-5-8)15-9(11)10(12,13)14/h2-5H,1H3. The van der Waals surface area contributed by atoms with Gasteiger partial charge in [0, 0.05) is 6.92 Å². The lowest BCUT2D eigenvalue weighted by Crippen LogP contribution is -2.16. The lowest BCUT2D eigenvalue weighted by Gasteiger charge is -2.04. The topological polar surface area (TPSA) is 38.7 Å². The average molecular weight is 266 g/mol. The van der Waals surface area contributed by atoms with Crippen LogP contribution in [0.4, 0.5) is 18.9 Å². The van der Waals surface area contributed by atoms with Gasteiger partial charge in [0.05, 0.1) is 5.69 Å². The molecular formula is C10H7ClF3NO2. The molecule has 17 heavy (non-hydrogen) atoms. The Morgan fingerprint density at radius 1 is 1.29 bits per heavy atom. The first-order chi connectivity index (χ1) is 7.79. The van der Waals surface area contributed by atoms with E-state index < -0.39 is 17.3 Å². The van der Waals surface area contributed by atoms with Gasteiger partial charge in [0.15, 0.2) is 0 Å². The first-order valence-electron chi connectivity index (χ1n) is 4.39. The predicted molar refractivity (Wildman–Crippen MR) is 56.8 cm³/mol. The van der Waals surface area contributed by atoms with Crippen LogP contribution in [0.25, 0.3) is 0 Å². The van der Waals surface area contributed by atoms with Crippen molar-refractivity contribution >= 4 is 28.4 Å². The summed E-state index contributed by atoms with van der Waals surface area (Å²) in [7, 11) is 0. The van der Waals surface area contributed by atoms with Gasteiger partial charge in [0.25, 0.3) is 0 Å². The van der Waals surface area contributed by atoms with Gasteiger partial charge < -0.3 is 4.74 Å². The highest BCUT2D eigenvalue weighted by Gasteiger charge is 2.34. The molecule has 0 heterocycles. The highest BCUT2D eigenvalue weighted by atomic mass is 35.5. The van der Waals surface area contributed by atoms with E-state index in [1.807, 2.05) is 0 Å². The largest absolute Gasteiger partial charge is 0.444 e. The zero-order valence-electron chi connectivity index (χ0n) is 8.58. The third kappa shape index (κ3) is 4.44. The number of aliphatic imine (C=N–C) groups is 1. The van der Waals surface area contributed by atoms with E-state index in [4.69, 9.17) is 16.3 Å². The number of carbonyl (C=O) groups is 1. The van der Waals surface area contributed by atoms with E-state index in [-0.39, 0.29) is 11.4 Å². The van der Waals surface area contributed by atoms with E-state index in [0.29, 0.717) is 0 Å². The second-order valence-corrected chi connectivity index (χ2v) is 3.35. The number of hydrogen-bond acceptors (Lipinski definition) is 3. The number of carbonyl (C=O) groups excluding carboxylic acids is 1. The van der Waals surface area contributed by atoms with E-state index in [9.17, 15) is 18.0 Å². The molecule has 0 aliphatic rings. The van der Waals surface area contributed by atoms with Crippen LogP contribution in [0.2, 0.25) is 0 Å². The number of ether oxygens (including phenoxy) is 1. The van der Waals surface area contributed by atoms with Gasteiger partial charge in [-0.3, -0.25) is 4.79 Å². The molecule has 1 aromatic rings. The SMILES string of the molecule is CC(=O)Oc1ccc(N=C(Cl)C(F)(F)F)cc1. The molecule has 0 aromatic heterocycles. The van der Waals surface area contributed by atoms with Gasteiger partial charge in [0.2, 0.25) is 5.17 Å². The number of halogens is 4. The molecule has 0 fully saturated rings.